The van der Waals surface area contributed by atoms with E-state index in [1.54, 1.807) is 16.7 Å². The maximum absolute atomic E-state index is 11.9. The van der Waals surface area contributed by atoms with E-state index in [1.807, 2.05) is 20.9 Å². The zero-order chi connectivity index (χ0) is 11.0. The quantitative estimate of drug-likeness (QED) is 0.701. The van der Waals surface area contributed by atoms with Gasteiger partial charge in [-0.2, -0.15) is 0 Å². The minimum atomic E-state index is -0.182. The van der Waals surface area contributed by atoms with Gasteiger partial charge in [0.1, 0.15) is 0 Å². The smallest absolute Gasteiger partial charge is 0.263 e. The number of furan rings is 1. The molecular weight excluding hydrogens is 192 g/mol. The topological polar surface area (TPSA) is 48.0 Å². The van der Waals surface area contributed by atoms with Crippen molar-refractivity contribution in [1.82, 2.24) is 9.55 Å². The van der Waals surface area contributed by atoms with Gasteiger partial charge in [-0.3, -0.25) is 4.79 Å². The molecule has 0 radical (unpaired) electrons. The fraction of sp³-hybridized carbons (Fsp3) is 0.273. The standard InChI is InChI=1S/C11H12N2O2/c1-7-8(2)13(3)11(12-7)10(14)9-5-4-6-15-9/h4-6H,1-3H3. The molecule has 0 aromatic carbocycles. The third-order valence-electron chi connectivity index (χ3n) is 2.57. The molecule has 0 N–H and O–H groups in total. The summed E-state index contributed by atoms with van der Waals surface area (Å²) in [5.74, 6) is 0.557. The van der Waals surface area contributed by atoms with Crippen LogP contribution in [0.4, 0.5) is 0 Å². The van der Waals surface area contributed by atoms with E-state index in [0.29, 0.717) is 11.6 Å². The van der Waals surface area contributed by atoms with Crippen molar-refractivity contribution < 1.29 is 9.21 Å². The Kier molecular flexibility index (Phi) is 2.19. The molecule has 0 saturated carbocycles. The van der Waals surface area contributed by atoms with Crippen molar-refractivity contribution in [3.63, 3.8) is 0 Å². The molecule has 78 valence electrons. The summed E-state index contributed by atoms with van der Waals surface area (Å²) in [7, 11) is 1.82. The molecule has 0 unspecified atom stereocenters. The highest BCUT2D eigenvalue weighted by Gasteiger charge is 2.19. The van der Waals surface area contributed by atoms with Crippen molar-refractivity contribution in [3.8, 4) is 0 Å². The maximum Gasteiger partial charge on any atom is 0.263 e. The molecule has 0 spiro atoms. The number of carbonyl (C=O) groups excluding carboxylic acids is 1. The largest absolute Gasteiger partial charge is 0.461 e. The molecule has 0 saturated heterocycles. The Balaban J connectivity index is 2.47. The highest BCUT2D eigenvalue weighted by molar-refractivity contribution is 6.04. The highest BCUT2D eigenvalue weighted by atomic mass is 16.3. The zero-order valence-electron chi connectivity index (χ0n) is 8.94. The lowest BCUT2D eigenvalue weighted by Gasteiger charge is -1.99. The van der Waals surface area contributed by atoms with Crippen molar-refractivity contribution in [2.75, 3.05) is 0 Å². The van der Waals surface area contributed by atoms with E-state index in [-0.39, 0.29) is 5.78 Å². The fourth-order valence-electron chi connectivity index (χ4n) is 1.44. The van der Waals surface area contributed by atoms with Gasteiger partial charge in [-0.15, -0.1) is 0 Å². The van der Waals surface area contributed by atoms with E-state index in [9.17, 15) is 4.79 Å². The Hall–Kier alpha value is -1.84. The van der Waals surface area contributed by atoms with Gasteiger partial charge < -0.3 is 8.98 Å². The maximum atomic E-state index is 11.9. The van der Waals surface area contributed by atoms with E-state index in [4.69, 9.17) is 4.42 Å². The molecule has 2 rings (SSSR count). The molecule has 0 bridgehead atoms. The minimum Gasteiger partial charge on any atom is -0.461 e. The van der Waals surface area contributed by atoms with E-state index < -0.39 is 0 Å². The summed E-state index contributed by atoms with van der Waals surface area (Å²) < 4.78 is 6.83. The van der Waals surface area contributed by atoms with Crippen molar-refractivity contribution in [2.24, 2.45) is 7.05 Å². The first-order valence-electron chi connectivity index (χ1n) is 4.69. The summed E-state index contributed by atoms with van der Waals surface area (Å²) in [5, 5.41) is 0. The molecule has 2 heterocycles. The Morgan fingerprint density at radius 3 is 2.67 bits per heavy atom. The van der Waals surface area contributed by atoms with Gasteiger partial charge in [0.2, 0.25) is 0 Å². The van der Waals surface area contributed by atoms with Crippen LogP contribution < -0.4 is 0 Å². The molecule has 0 aliphatic carbocycles. The lowest BCUT2D eigenvalue weighted by atomic mass is 10.3. The van der Waals surface area contributed by atoms with Gasteiger partial charge in [0.25, 0.3) is 5.78 Å². The Morgan fingerprint density at radius 2 is 2.20 bits per heavy atom. The molecule has 2 aromatic rings. The molecule has 0 atom stereocenters. The summed E-state index contributed by atoms with van der Waals surface area (Å²) in [6, 6.07) is 3.33. The zero-order valence-corrected chi connectivity index (χ0v) is 8.94. The SMILES string of the molecule is Cc1nc(C(=O)c2ccco2)n(C)c1C. The number of hydrogen-bond acceptors (Lipinski definition) is 3. The molecule has 4 nitrogen and oxygen atoms in total. The molecular formula is C11H12N2O2. The first-order chi connectivity index (χ1) is 7.11. The lowest BCUT2D eigenvalue weighted by Crippen LogP contribution is -2.08. The first-order valence-corrected chi connectivity index (χ1v) is 4.69. The van der Waals surface area contributed by atoms with E-state index in [2.05, 4.69) is 4.98 Å². The molecule has 0 aliphatic heterocycles. The number of rotatable bonds is 2. The normalized spacial score (nSPS) is 10.6. The van der Waals surface area contributed by atoms with Crippen LogP contribution in [0.25, 0.3) is 0 Å². The van der Waals surface area contributed by atoms with Gasteiger partial charge in [0.05, 0.1) is 12.0 Å². The molecule has 15 heavy (non-hydrogen) atoms. The Morgan fingerprint density at radius 1 is 1.47 bits per heavy atom. The Bertz CT molecular complexity index is 495. The molecule has 0 fully saturated rings. The fourth-order valence-corrected chi connectivity index (χ4v) is 1.44. The van der Waals surface area contributed by atoms with Crippen molar-refractivity contribution in [1.29, 1.82) is 0 Å². The predicted octanol–water partition coefficient (Wildman–Crippen LogP) is 1.86. The van der Waals surface area contributed by atoms with Gasteiger partial charge in [-0.1, -0.05) is 0 Å². The van der Waals surface area contributed by atoms with E-state index in [0.717, 1.165) is 11.4 Å². The summed E-state index contributed by atoms with van der Waals surface area (Å²) in [4.78, 5) is 16.1. The van der Waals surface area contributed by atoms with Gasteiger partial charge in [0, 0.05) is 12.7 Å². The summed E-state index contributed by atoms with van der Waals surface area (Å²) in [6.45, 7) is 3.81. The van der Waals surface area contributed by atoms with Crippen LogP contribution >= 0.6 is 0 Å². The summed E-state index contributed by atoms with van der Waals surface area (Å²) in [6.07, 6.45) is 1.48. The second-order valence-electron chi connectivity index (χ2n) is 3.47. The molecule has 0 aliphatic rings. The first kappa shape index (κ1) is 9.71. The minimum absolute atomic E-state index is 0.182. The average molecular weight is 204 g/mol. The lowest BCUT2D eigenvalue weighted by molar-refractivity contribution is 0.0996. The molecule has 4 heteroatoms. The third-order valence-corrected chi connectivity index (χ3v) is 2.57. The molecule has 0 amide bonds. The second-order valence-corrected chi connectivity index (χ2v) is 3.47. The highest BCUT2D eigenvalue weighted by Crippen LogP contribution is 2.13. The monoisotopic (exact) mass is 204 g/mol. The van der Waals surface area contributed by atoms with Gasteiger partial charge in [-0.05, 0) is 26.0 Å². The predicted molar refractivity (Wildman–Crippen MR) is 54.8 cm³/mol. The number of ketones is 1. The number of aromatic nitrogens is 2. The average Bonchev–Trinajstić information content (AvgIpc) is 2.82. The summed E-state index contributed by atoms with van der Waals surface area (Å²) >= 11 is 0. The third kappa shape index (κ3) is 1.48. The van der Waals surface area contributed by atoms with Gasteiger partial charge in [0.15, 0.2) is 11.6 Å². The van der Waals surface area contributed by atoms with Crippen LogP contribution in [0.2, 0.25) is 0 Å². The number of nitrogens with zero attached hydrogens (tertiary/aromatic N) is 2. The van der Waals surface area contributed by atoms with E-state index >= 15 is 0 Å². The van der Waals surface area contributed by atoms with Crippen LogP contribution in [0, 0.1) is 13.8 Å². The van der Waals surface area contributed by atoms with Crippen LogP contribution in [0.5, 0.6) is 0 Å². The number of aryl methyl sites for hydroxylation is 1. The van der Waals surface area contributed by atoms with Crippen LogP contribution in [-0.4, -0.2) is 15.3 Å². The number of hydrogen-bond donors (Lipinski definition) is 0. The van der Waals surface area contributed by atoms with Crippen molar-refractivity contribution in [3.05, 3.63) is 41.4 Å². The Labute approximate surface area is 87.5 Å². The van der Waals surface area contributed by atoms with E-state index in [1.165, 1.54) is 6.26 Å². The van der Waals surface area contributed by atoms with Crippen LogP contribution in [0.1, 0.15) is 27.8 Å². The number of carbonyl (C=O) groups is 1. The van der Waals surface area contributed by atoms with Crippen LogP contribution in [0.3, 0.4) is 0 Å². The van der Waals surface area contributed by atoms with Crippen molar-refractivity contribution in [2.45, 2.75) is 13.8 Å². The van der Waals surface area contributed by atoms with Crippen LogP contribution in [0.15, 0.2) is 22.8 Å². The van der Waals surface area contributed by atoms with Gasteiger partial charge in [-0.25, -0.2) is 4.98 Å². The number of imidazole rings is 1. The second kappa shape index (κ2) is 3.38. The van der Waals surface area contributed by atoms with Crippen LogP contribution in [-0.2, 0) is 7.05 Å². The van der Waals surface area contributed by atoms with Gasteiger partial charge >= 0.3 is 0 Å². The summed E-state index contributed by atoms with van der Waals surface area (Å²) in [5.41, 5.74) is 1.86. The van der Waals surface area contributed by atoms with Crippen molar-refractivity contribution >= 4 is 5.78 Å². The molecule has 2 aromatic heterocycles.